The van der Waals surface area contributed by atoms with Crippen LogP contribution in [0.4, 0.5) is 0 Å². The Bertz CT molecular complexity index is 422. The van der Waals surface area contributed by atoms with Crippen molar-refractivity contribution < 1.29 is 13.5 Å². The summed E-state index contributed by atoms with van der Waals surface area (Å²) in [5.74, 6) is 0. The Labute approximate surface area is 87.8 Å². The van der Waals surface area contributed by atoms with Crippen LogP contribution in [-0.4, -0.2) is 35.9 Å². The third kappa shape index (κ3) is 2.19. The van der Waals surface area contributed by atoms with Crippen LogP contribution in [0, 0.1) is 0 Å². The minimum atomic E-state index is -3.55. The van der Waals surface area contributed by atoms with E-state index in [0.717, 1.165) is 6.42 Å². The topological polar surface area (TPSA) is 95.1 Å². The molecular weight excluding hydrogens is 218 g/mol. The molecule has 0 amide bonds. The predicted octanol–water partition coefficient (Wildman–Crippen LogP) is -0.397. The fraction of sp³-hybridized carbons (Fsp3) is 0.625. The first-order valence-corrected chi connectivity index (χ1v) is 6.22. The number of aliphatic hydroxyl groups is 1. The van der Waals surface area contributed by atoms with Gasteiger partial charge in [-0.3, -0.25) is 5.10 Å². The lowest BCUT2D eigenvalue weighted by atomic mass is 9.81. The van der Waals surface area contributed by atoms with Gasteiger partial charge >= 0.3 is 0 Å². The van der Waals surface area contributed by atoms with Crippen molar-refractivity contribution in [1.29, 1.82) is 0 Å². The molecule has 84 valence electrons. The van der Waals surface area contributed by atoms with Crippen molar-refractivity contribution >= 4 is 10.0 Å². The SMILES string of the molecule is O=S(=O)(NCC1(O)CCC1)c1ccn[nH]1. The van der Waals surface area contributed by atoms with E-state index in [4.69, 9.17) is 0 Å². The van der Waals surface area contributed by atoms with E-state index in [1.54, 1.807) is 0 Å². The van der Waals surface area contributed by atoms with Crippen LogP contribution in [0.3, 0.4) is 0 Å². The Morgan fingerprint density at radius 2 is 2.33 bits per heavy atom. The molecule has 15 heavy (non-hydrogen) atoms. The molecule has 0 spiro atoms. The third-order valence-electron chi connectivity index (χ3n) is 2.64. The van der Waals surface area contributed by atoms with Crippen LogP contribution in [0.25, 0.3) is 0 Å². The van der Waals surface area contributed by atoms with Crippen molar-refractivity contribution in [2.24, 2.45) is 0 Å². The standard InChI is InChI=1S/C8H13N3O3S/c12-8(3-1-4-8)6-10-15(13,14)7-2-5-9-11-7/h2,5,10,12H,1,3-4,6H2,(H,9,11). The van der Waals surface area contributed by atoms with E-state index in [1.165, 1.54) is 12.3 Å². The van der Waals surface area contributed by atoms with Gasteiger partial charge in [0.25, 0.3) is 10.0 Å². The average molecular weight is 231 g/mol. The lowest BCUT2D eigenvalue weighted by Gasteiger charge is -2.36. The zero-order valence-corrected chi connectivity index (χ0v) is 8.92. The number of nitrogens with zero attached hydrogens (tertiary/aromatic N) is 1. The van der Waals surface area contributed by atoms with E-state index < -0.39 is 15.6 Å². The van der Waals surface area contributed by atoms with Gasteiger partial charge in [-0.25, -0.2) is 13.1 Å². The Morgan fingerprint density at radius 1 is 1.60 bits per heavy atom. The molecule has 1 saturated carbocycles. The van der Waals surface area contributed by atoms with Crippen molar-refractivity contribution in [3.8, 4) is 0 Å². The minimum Gasteiger partial charge on any atom is -0.389 e. The second-order valence-electron chi connectivity index (χ2n) is 3.82. The molecule has 1 aliphatic carbocycles. The van der Waals surface area contributed by atoms with Crippen molar-refractivity contribution in [2.75, 3.05) is 6.54 Å². The van der Waals surface area contributed by atoms with Gasteiger partial charge in [-0.2, -0.15) is 5.10 Å². The van der Waals surface area contributed by atoms with Gasteiger partial charge < -0.3 is 5.11 Å². The number of nitrogens with one attached hydrogen (secondary N) is 2. The molecule has 1 aliphatic rings. The maximum Gasteiger partial charge on any atom is 0.257 e. The predicted molar refractivity (Wildman–Crippen MR) is 52.6 cm³/mol. The number of hydrogen-bond donors (Lipinski definition) is 3. The van der Waals surface area contributed by atoms with Crippen LogP contribution in [0.2, 0.25) is 0 Å². The van der Waals surface area contributed by atoms with Gasteiger partial charge in [0.2, 0.25) is 0 Å². The monoisotopic (exact) mass is 231 g/mol. The molecule has 2 rings (SSSR count). The van der Waals surface area contributed by atoms with Crippen LogP contribution in [0.1, 0.15) is 19.3 Å². The summed E-state index contributed by atoms with van der Waals surface area (Å²) in [6, 6.07) is 1.37. The Hall–Kier alpha value is -0.920. The first-order chi connectivity index (χ1) is 7.02. The molecule has 1 aromatic rings. The van der Waals surface area contributed by atoms with Crippen LogP contribution >= 0.6 is 0 Å². The molecule has 0 bridgehead atoms. The van der Waals surface area contributed by atoms with E-state index in [0.29, 0.717) is 12.8 Å². The van der Waals surface area contributed by atoms with Crippen LogP contribution in [-0.2, 0) is 10.0 Å². The zero-order valence-electron chi connectivity index (χ0n) is 8.10. The fourth-order valence-corrected chi connectivity index (χ4v) is 2.49. The summed E-state index contributed by atoms with van der Waals surface area (Å²) < 4.78 is 25.5. The highest BCUT2D eigenvalue weighted by molar-refractivity contribution is 7.89. The summed E-state index contributed by atoms with van der Waals surface area (Å²) in [5, 5.41) is 15.7. The second-order valence-corrected chi connectivity index (χ2v) is 5.56. The summed E-state index contributed by atoms with van der Waals surface area (Å²) in [5.41, 5.74) is -0.854. The molecule has 3 N–H and O–H groups in total. The molecule has 7 heteroatoms. The number of rotatable bonds is 4. The lowest BCUT2D eigenvalue weighted by Crippen LogP contribution is -2.47. The molecule has 6 nitrogen and oxygen atoms in total. The van der Waals surface area contributed by atoms with Crippen LogP contribution in [0.5, 0.6) is 0 Å². The van der Waals surface area contributed by atoms with Crippen molar-refractivity contribution in [2.45, 2.75) is 29.9 Å². The van der Waals surface area contributed by atoms with Gasteiger partial charge in [0.1, 0.15) is 0 Å². The maximum absolute atomic E-state index is 11.6. The average Bonchev–Trinajstić information content (AvgIpc) is 2.65. The highest BCUT2D eigenvalue weighted by Gasteiger charge is 2.35. The first-order valence-electron chi connectivity index (χ1n) is 4.73. The lowest BCUT2D eigenvalue weighted by molar-refractivity contribution is -0.0271. The summed E-state index contributed by atoms with van der Waals surface area (Å²) in [7, 11) is -3.55. The zero-order chi connectivity index (χ0) is 10.9. The molecular formula is C8H13N3O3S. The Kier molecular flexibility index (Phi) is 2.53. The highest BCUT2D eigenvalue weighted by Crippen LogP contribution is 2.30. The molecule has 0 aromatic carbocycles. The fourth-order valence-electron chi connectivity index (χ4n) is 1.46. The Morgan fingerprint density at radius 3 is 2.80 bits per heavy atom. The van der Waals surface area contributed by atoms with Gasteiger partial charge in [-0.15, -0.1) is 0 Å². The minimum absolute atomic E-state index is 0.0189. The van der Waals surface area contributed by atoms with E-state index in [2.05, 4.69) is 14.9 Å². The van der Waals surface area contributed by atoms with Crippen LogP contribution < -0.4 is 4.72 Å². The normalized spacial score (nSPS) is 19.8. The van der Waals surface area contributed by atoms with Gasteiger partial charge in [-0.05, 0) is 25.3 Å². The van der Waals surface area contributed by atoms with E-state index in [-0.39, 0.29) is 11.6 Å². The molecule has 1 aromatic heterocycles. The van der Waals surface area contributed by atoms with Gasteiger partial charge in [0.15, 0.2) is 5.03 Å². The summed E-state index contributed by atoms with van der Waals surface area (Å²) in [6.07, 6.45) is 3.62. The number of hydrogen-bond acceptors (Lipinski definition) is 4. The molecule has 1 heterocycles. The molecule has 0 radical (unpaired) electrons. The third-order valence-corrected chi connectivity index (χ3v) is 3.97. The molecule has 0 unspecified atom stereocenters. The molecule has 1 fully saturated rings. The summed E-state index contributed by atoms with van der Waals surface area (Å²) in [6.45, 7) is 0.0638. The number of aromatic nitrogens is 2. The maximum atomic E-state index is 11.6. The molecule has 0 atom stereocenters. The van der Waals surface area contributed by atoms with Gasteiger partial charge in [0.05, 0.1) is 11.8 Å². The number of aromatic amines is 1. The second kappa shape index (κ2) is 3.58. The van der Waals surface area contributed by atoms with Crippen molar-refractivity contribution in [3.63, 3.8) is 0 Å². The van der Waals surface area contributed by atoms with Crippen LogP contribution in [0.15, 0.2) is 17.3 Å². The summed E-state index contributed by atoms with van der Waals surface area (Å²) >= 11 is 0. The Balaban J connectivity index is 2.00. The number of H-pyrrole nitrogens is 1. The van der Waals surface area contributed by atoms with Crippen molar-refractivity contribution in [3.05, 3.63) is 12.3 Å². The van der Waals surface area contributed by atoms with Gasteiger partial charge in [0, 0.05) is 6.54 Å². The quantitative estimate of drug-likeness (QED) is 0.657. The number of sulfonamides is 1. The van der Waals surface area contributed by atoms with E-state index >= 15 is 0 Å². The van der Waals surface area contributed by atoms with E-state index in [9.17, 15) is 13.5 Å². The first kappa shape index (κ1) is 10.6. The smallest absolute Gasteiger partial charge is 0.257 e. The molecule has 0 aliphatic heterocycles. The highest BCUT2D eigenvalue weighted by atomic mass is 32.2. The van der Waals surface area contributed by atoms with E-state index in [1.807, 2.05) is 0 Å². The van der Waals surface area contributed by atoms with Crippen molar-refractivity contribution in [1.82, 2.24) is 14.9 Å². The summed E-state index contributed by atoms with van der Waals surface area (Å²) in [4.78, 5) is 0. The largest absolute Gasteiger partial charge is 0.389 e. The molecule has 0 saturated heterocycles. The van der Waals surface area contributed by atoms with Gasteiger partial charge in [-0.1, -0.05) is 0 Å².